The standard InChI is InChI=1S/C15H13BrN2O5/c16-12-8-5-9-11(15(20)23-13(9)12)10(8)14(19)17-6-2-1-3-7(4-6)18(21)22/h1-4,8-13H,5H2,(H,17,19)/t8-,9-,10-,11+,12-,13+/m1/s1. The number of nitrogens with zero attached hydrogens (tertiary/aromatic N) is 1. The number of alkyl halides is 1. The van der Waals surface area contributed by atoms with Gasteiger partial charge in [-0.1, -0.05) is 22.0 Å². The van der Waals surface area contributed by atoms with Crippen LogP contribution in [0.2, 0.25) is 0 Å². The number of hydrogen-bond acceptors (Lipinski definition) is 5. The summed E-state index contributed by atoms with van der Waals surface area (Å²) in [4.78, 5) is 35.0. The van der Waals surface area contributed by atoms with E-state index in [0.717, 1.165) is 6.42 Å². The number of nitro benzene ring substituents is 1. The lowest BCUT2D eigenvalue weighted by molar-refractivity contribution is -0.384. The minimum atomic E-state index is -0.513. The van der Waals surface area contributed by atoms with Gasteiger partial charge in [0.05, 0.1) is 21.6 Å². The summed E-state index contributed by atoms with van der Waals surface area (Å²) in [5.74, 6) is -1.27. The Kier molecular flexibility index (Phi) is 3.19. The Bertz CT molecular complexity index is 724. The number of non-ortho nitro benzene ring substituents is 1. The molecule has 0 radical (unpaired) electrons. The van der Waals surface area contributed by atoms with Gasteiger partial charge in [0.2, 0.25) is 5.91 Å². The molecule has 120 valence electrons. The Labute approximate surface area is 139 Å². The van der Waals surface area contributed by atoms with Crippen molar-refractivity contribution in [1.82, 2.24) is 0 Å². The Morgan fingerprint density at radius 3 is 2.91 bits per heavy atom. The highest BCUT2D eigenvalue weighted by Crippen LogP contribution is 2.60. The number of amides is 1. The van der Waals surface area contributed by atoms with Crippen molar-refractivity contribution in [2.45, 2.75) is 17.4 Å². The average Bonchev–Trinajstić information content (AvgIpc) is 3.11. The van der Waals surface area contributed by atoms with Crippen LogP contribution in [0.5, 0.6) is 0 Å². The van der Waals surface area contributed by atoms with Crippen LogP contribution in [0.4, 0.5) is 11.4 Å². The summed E-state index contributed by atoms with van der Waals surface area (Å²) in [6.45, 7) is 0. The first-order valence-electron chi connectivity index (χ1n) is 7.37. The minimum Gasteiger partial charge on any atom is -0.461 e. The molecule has 3 fully saturated rings. The van der Waals surface area contributed by atoms with Crippen LogP contribution in [0.1, 0.15) is 6.42 Å². The molecule has 2 aliphatic carbocycles. The van der Waals surface area contributed by atoms with E-state index in [0.29, 0.717) is 5.69 Å². The molecule has 1 N–H and O–H groups in total. The fourth-order valence-electron chi connectivity index (χ4n) is 4.25. The van der Waals surface area contributed by atoms with Gasteiger partial charge in [-0.25, -0.2) is 0 Å². The number of anilines is 1. The minimum absolute atomic E-state index is 0.00365. The predicted molar refractivity (Wildman–Crippen MR) is 82.9 cm³/mol. The van der Waals surface area contributed by atoms with Crippen LogP contribution in [0.25, 0.3) is 0 Å². The highest BCUT2D eigenvalue weighted by molar-refractivity contribution is 9.09. The van der Waals surface area contributed by atoms with Crippen LogP contribution in [0.15, 0.2) is 24.3 Å². The summed E-state index contributed by atoms with van der Waals surface area (Å²) >= 11 is 3.55. The van der Waals surface area contributed by atoms with Gasteiger partial charge in [-0.15, -0.1) is 0 Å². The van der Waals surface area contributed by atoms with Gasteiger partial charge in [-0.05, 0) is 18.4 Å². The molecule has 0 spiro atoms. The van der Waals surface area contributed by atoms with Gasteiger partial charge in [-0.3, -0.25) is 19.7 Å². The van der Waals surface area contributed by atoms with Crippen molar-refractivity contribution < 1.29 is 19.2 Å². The summed E-state index contributed by atoms with van der Waals surface area (Å²) in [6, 6.07) is 5.79. The van der Waals surface area contributed by atoms with Crippen LogP contribution < -0.4 is 5.32 Å². The van der Waals surface area contributed by atoms with E-state index in [1.807, 2.05) is 0 Å². The first kappa shape index (κ1) is 14.6. The maximum Gasteiger partial charge on any atom is 0.310 e. The van der Waals surface area contributed by atoms with Gasteiger partial charge < -0.3 is 10.1 Å². The Morgan fingerprint density at radius 2 is 2.17 bits per heavy atom. The van der Waals surface area contributed by atoms with Crippen LogP contribution >= 0.6 is 15.9 Å². The number of nitro groups is 1. The maximum atomic E-state index is 12.7. The van der Waals surface area contributed by atoms with E-state index in [1.54, 1.807) is 6.07 Å². The van der Waals surface area contributed by atoms with E-state index < -0.39 is 16.8 Å². The number of fused-ring (bicyclic) bond motifs is 1. The van der Waals surface area contributed by atoms with Crippen molar-refractivity contribution in [3.63, 3.8) is 0 Å². The number of hydrogen-bond donors (Lipinski definition) is 1. The number of carbonyl (C=O) groups excluding carboxylic acids is 2. The van der Waals surface area contributed by atoms with Gasteiger partial charge in [-0.2, -0.15) is 0 Å². The molecular formula is C15H13BrN2O5. The fourth-order valence-corrected chi connectivity index (χ4v) is 5.30. The van der Waals surface area contributed by atoms with E-state index in [-0.39, 0.29) is 40.3 Å². The smallest absolute Gasteiger partial charge is 0.310 e. The third-order valence-electron chi connectivity index (χ3n) is 5.15. The van der Waals surface area contributed by atoms with Crippen LogP contribution in [-0.2, 0) is 14.3 Å². The number of benzene rings is 1. The highest BCUT2D eigenvalue weighted by Gasteiger charge is 2.67. The van der Waals surface area contributed by atoms with E-state index in [9.17, 15) is 19.7 Å². The van der Waals surface area contributed by atoms with E-state index in [4.69, 9.17) is 4.74 Å². The summed E-state index contributed by atoms with van der Waals surface area (Å²) < 4.78 is 5.38. The monoisotopic (exact) mass is 380 g/mol. The van der Waals surface area contributed by atoms with Crippen molar-refractivity contribution in [3.8, 4) is 0 Å². The predicted octanol–water partition coefficient (Wildman–Crippen LogP) is 2.10. The third kappa shape index (κ3) is 2.08. The second-order valence-electron chi connectivity index (χ2n) is 6.26. The summed E-state index contributed by atoms with van der Waals surface area (Å²) in [7, 11) is 0. The molecule has 2 saturated carbocycles. The van der Waals surface area contributed by atoms with Gasteiger partial charge in [0, 0.05) is 23.7 Å². The average molecular weight is 381 g/mol. The van der Waals surface area contributed by atoms with Crippen molar-refractivity contribution in [1.29, 1.82) is 0 Å². The molecule has 3 aliphatic rings. The van der Waals surface area contributed by atoms with Gasteiger partial charge in [0.15, 0.2) is 0 Å². The first-order chi connectivity index (χ1) is 11.0. The molecule has 1 aliphatic heterocycles. The number of ether oxygens (including phenoxy) is 1. The summed E-state index contributed by atoms with van der Waals surface area (Å²) in [5, 5.41) is 13.5. The molecule has 4 rings (SSSR count). The van der Waals surface area contributed by atoms with Crippen LogP contribution in [0, 0.1) is 33.8 Å². The van der Waals surface area contributed by atoms with Gasteiger partial charge in [0.1, 0.15) is 6.10 Å². The second-order valence-corrected chi connectivity index (χ2v) is 7.31. The molecule has 23 heavy (non-hydrogen) atoms. The van der Waals surface area contributed by atoms with Crippen molar-refractivity contribution in [2.75, 3.05) is 5.32 Å². The number of nitrogens with one attached hydrogen (secondary N) is 1. The Hall–Kier alpha value is -1.96. The lowest BCUT2D eigenvalue weighted by Crippen LogP contribution is -2.40. The zero-order valence-electron chi connectivity index (χ0n) is 11.8. The maximum absolute atomic E-state index is 12.7. The summed E-state index contributed by atoms with van der Waals surface area (Å²) in [6.07, 6.45) is 0.670. The van der Waals surface area contributed by atoms with Gasteiger partial charge >= 0.3 is 5.97 Å². The molecule has 2 bridgehead atoms. The molecule has 1 aromatic carbocycles. The molecule has 1 heterocycles. The molecule has 1 saturated heterocycles. The molecule has 0 aromatic heterocycles. The number of rotatable bonds is 3. The summed E-state index contributed by atoms with van der Waals surface area (Å²) in [5.41, 5.74) is 0.274. The number of esters is 1. The highest BCUT2D eigenvalue weighted by atomic mass is 79.9. The van der Waals surface area contributed by atoms with Crippen molar-refractivity contribution in [3.05, 3.63) is 34.4 Å². The third-order valence-corrected chi connectivity index (χ3v) is 6.35. The van der Waals surface area contributed by atoms with Crippen LogP contribution in [-0.4, -0.2) is 27.7 Å². The molecule has 1 amide bonds. The molecule has 7 nitrogen and oxygen atoms in total. The zero-order valence-corrected chi connectivity index (χ0v) is 13.4. The fraction of sp³-hybridized carbons (Fsp3) is 0.467. The quantitative estimate of drug-likeness (QED) is 0.374. The largest absolute Gasteiger partial charge is 0.461 e. The molecule has 0 unspecified atom stereocenters. The van der Waals surface area contributed by atoms with E-state index >= 15 is 0 Å². The topological polar surface area (TPSA) is 98.5 Å². The lowest BCUT2D eigenvalue weighted by atomic mass is 9.79. The Balaban J connectivity index is 1.57. The van der Waals surface area contributed by atoms with Crippen LogP contribution in [0.3, 0.4) is 0 Å². The first-order valence-corrected chi connectivity index (χ1v) is 8.29. The number of carbonyl (C=O) groups is 2. The molecule has 6 atom stereocenters. The van der Waals surface area contributed by atoms with Crippen molar-refractivity contribution in [2.24, 2.45) is 23.7 Å². The normalized spacial score (nSPS) is 36.8. The zero-order chi connectivity index (χ0) is 16.3. The second kappa shape index (κ2) is 5.02. The SMILES string of the molecule is O=C(Nc1cccc([N+](=O)[O-])c1)[C@@H]1[C@H]2C[C@H]3[C@H](OC(=O)[C@@H]31)[C@@H]2Br. The van der Waals surface area contributed by atoms with Crippen molar-refractivity contribution >= 4 is 39.2 Å². The molecular weight excluding hydrogens is 368 g/mol. The molecule has 8 heteroatoms. The number of halogens is 1. The van der Waals surface area contributed by atoms with E-state index in [1.165, 1.54) is 18.2 Å². The van der Waals surface area contributed by atoms with E-state index in [2.05, 4.69) is 21.2 Å². The van der Waals surface area contributed by atoms with Gasteiger partial charge in [0.25, 0.3) is 5.69 Å². The Morgan fingerprint density at radius 1 is 1.39 bits per heavy atom. The lowest BCUT2D eigenvalue weighted by Gasteiger charge is -2.27. The molecule has 1 aromatic rings.